The smallest absolute Gasteiger partial charge is 0.0507 e. The lowest BCUT2D eigenvalue weighted by Gasteiger charge is -2.26. The van der Waals surface area contributed by atoms with Gasteiger partial charge in [-0.2, -0.15) is 0 Å². The number of rotatable bonds is 8. The largest absolute Gasteiger partial charge is 0.381 e. The van der Waals surface area contributed by atoms with E-state index in [2.05, 4.69) is 31.0 Å². The molecule has 0 aromatic heterocycles. The second kappa shape index (κ2) is 8.04. The highest BCUT2D eigenvalue weighted by Gasteiger charge is 2.15. The molecule has 0 aromatic rings. The molecule has 16 heavy (non-hydrogen) atoms. The fourth-order valence-electron chi connectivity index (χ4n) is 2.19. The number of nitrogens with one attached hydrogen (secondary N) is 1. The molecule has 0 aliphatic carbocycles. The van der Waals surface area contributed by atoms with E-state index >= 15 is 0 Å². The molecule has 1 aliphatic heterocycles. The van der Waals surface area contributed by atoms with Gasteiger partial charge in [0.1, 0.15) is 0 Å². The Bertz CT molecular complexity index is 167. The first-order chi connectivity index (χ1) is 7.74. The van der Waals surface area contributed by atoms with E-state index in [-0.39, 0.29) is 0 Å². The van der Waals surface area contributed by atoms with E-state index < -0.39 is 0 Å². The summed E-state index contributed by atoms with van der Waals surface area (Å²) in [7, 11) is 0. The minimum atomic E-state index is 0.663. The quantitative estimate of drug-likeness (QED) is 0.640. The maximum atomic E-state index is 5.36. The topological polar surface area (TPSA) is 24.5 Å². The third-order valence-electron chi connectivity index (χ3n) is 3.27. The van der Waals surface area contributed by atoms with Crippen molar-refractivity contribution < 1.29 is 4.74 Å². The summed E-state index contributed by atoms with van der Waals surface area (Å²) in [6.45, 7) is 13.3. The first-order valence-corrected chi connectivity index (χ1v) is 6.76. The SMILES string of the molecule is CCCN(CCNCC1CCOC1)C(C)C. The molecular formula is C13H28N2O. The normalized spacial score (nSPS) is 21.2. The van der Waals surface area contributed by atoms with Crippen LogP contribution in [0.2, 0.25) is 0 Å². The van der Waals surface area contributed by atoms with Crippen LogP contribution < -0.4 is 5.32 Å². The molecular weight excluding hydrogens is 200 g/mol. The Balaban J connectivity index is 2.03. The average molecular weight is 228 g/mol. The third kappa shape index (κ3) is 5.28. The molecule has 0 bridgehead atoms. The van der Waals surface area contributed by atoms with Crippen LogP contribution in [-0.2, 0) is 4.74 Å². The molecule has 0 saturated carbocycles. The van der Waals surface area contributed by atoms with Gasteiger partial charge in [-0.15, -0.1) is 0 Å². The first-order valence-electron chi connectivity index (χ1n) is 6.76. The maximum Gasteiger partial charge on any atom is 0.0507 e. The molecule has 3 nitrogen and oxygen atoms in total. The summed E-state index contributed by atoms with van der Waals surface area (Å²) in [4.78, 5) is 2.54. The third-order valence-corrected chi connectivity index (χ3v) is 3.27. The van der Waals surface area contributed by atoms with Crippen molar-refractivity contribution in [1.82, 2.24) is 10.2 Å². The van der Waals surface area contributed by atoms with Gasteiger partial charge in [0.25, 0.3) is 0 Å². The zero-order valence-electron chi connectivity index (χ0n) is 11.2. The second-order valence-electron chi connectivity index (χ2n) is 5.06. The number of ether oxygens (including phenoxy) is 1. The molecule has 1 saturated heterocycles. The van der Waals surface area contributed by atoms with Crippen molar-refractivity contribution in [2.24, 2.45) is 5.92 Å². The van der Waals surface area contributed by atoms with Crippen LogP contribution in [0, 0.1) is 5.92 Å². The fourth-order valence-corrected chi connectivity index (χ4v) is 2.19. The van der Waals surface area contributed by atoms with Crippen LogP contribution >= 0.6 is 0 Å². The van der Waals surface area contributed by atoms with Crippen molar-refractivity contribution in [2.45, 2.75) is 39.7 Å². The Morgan fingerprint density at radius 2 is 2.19 bits per heavy atom. The van der Waals surface area contributed by atoms with Crippen LogP contribution in [0.4, 0.5) is 0 Å². The molecule has 1 aliphatic rings. The van der Waals surface area contributed by atoms with Gasteiger partial charge in [-0.25, -0.2) is 0 Å². The molecule has 1 N–H and O–H groups in total. The zero-order chi connectivity index (χ0) is 11.8. The first kappa shape index (κ1) is 13.9. The van der Waals surface area contributed by atoms with Crippen LogP contribution in [0.25, 0.3) is 0 Å². The van der Waals surface area contributed by atoms with Gasteiger partial charge in [0, 0.05) is 32.3 Å². The standard InChI is InChI=1S/C13H28N2O/c1-4-7-15(12(2)3)8-6-14-10-13-5-9-16-11-13/h12-14H,4-11H2,1-3H3. The predicted molar refractivity (Wildman–Crippen MR) is 68.8 cm³/mol. The number of nitrogens with zero attached hydrogens (tertiary/aromatic N) is 1. The van der Waals surface area contributed by atoms with E-state index in [1.807, 2.05) is 0 Å². The van der Waals surface area contributed by atoms with Crippen LogP contribution in [0.1, 0.15) is 33.6 Å². The Morgan fingerprint density at radius 1 is 1.38 bits per heavy atom. The Hall–Kier alpha value is -0.120. The molecule has 0 aromatic carbocycles. The number of hydrogen-bond acceptors (Lipinski definition) is 3. The zero-order valence-corrected chi connectivity index (χ0v) is 11.2. The molecule has 1 heterocycles. The predicted octanol–water partition coefficient (Wildman–Crippen LogP) is 1.73. The van der Waals surface area contributed by atoms with E-state index in [1.165, 1.54) is 25.9 Å². The van der Waals surface area contributed by atoms with Gasteiger partial charge < -0.3 is 10.1 Å². The van der Waals surface area contributed by atoms with Gasteiger partial charge in [-0.1, -0.05) is 6.92 Å². The minimum absolute atomic E-state index is 0.663. The molecule has 1 fully saturated rings. The molecule has 0 amide bonds. The lowest BCUT2D eigenvalue weighted by Crippen LogP contribution is -2.38. The van der Waals surface area contributed by atoms with Gasteiger partial charge in [0.2, 0.25) is 0 Å². The summed E-state index contributed by atoms with van der Waals surface area (Å²) < 4.78 is 5.36. The maximum absolute atomic E-state index is 5.36. The minimum Gasteiger partial charge on any atom is -0.381 e. The van der Waals surface area contributed by atoms with Gasteiger partial charge in [-0.3, -0.25) is 4.90 Å². The molecule has 3 heteroatoms. The van der Waals surface area contributed by atoms with E-state index in [4.69, 9.17) is 4.74 Å². The summed E-state index contributed by atoms with van der Waals surface area (Å²) in [5.41, 5.74) is 0. The molecule has 1 atom stereocenters. The van der Waals surface area contributed by atoms with E-state index in [9.17, 15) is 0 Å². The monoisotopic (exact) mass is 228 g/mol. The molecule has 0 radical (unpaired) electrons. The van der Waals surface area contributed by atoms with Gasteiger partial charge in [0.05, 0.1) is 6.61 Å². The lowest BCUT2D eigenvalue weighted by molar-refractivity contribution is 0.184. The second-order valence-corrected chi connectivity index (χ2v) is 5.06. The summed E-state index contributed by atoms with van der Waals surface area (Å²) in [6, 6.07) is 0.663. The summed E-state index contributed by atoms with van der Waals surface area (Å²) in [5, 5.41) is 3.55. The Morgan fingerprint density at radius 3 is 2.75 bits per heavy atom. The highest BCUT2D eigenvalue weighted by atomic mass is 16.5. The highest BCUT2D eigenvalue weighted by molar-refractivity contribution is 4.68. The van der Waals surface area contributed by atoms with Gasteiger partial charge in [-0.05, 0) is 39.2 Å². The Labute approximate surface area is 101 Å². The fraction of sp³-hybridized carbons (Fsp3) is 1.00. The van der Waals surface area contributed by atoms with Crippen LogP contribution in [0.15, 0.2) is 0 Å². The summed E-state index contributed by atoms with van der Waals surface area (Å²) in [6.07, 6.45) is 2.48. The summed E-state index contributed by atoms with van der Waals surface area (Å²) >= 11 is 0. The van der Waals surface area contributed by atoms with E-state index in [1.54, 1.807) is 0 Å². The van der Waals surface area contributed by atoms with Crippen molar-refractivity contribution in [1.29, 1.82) is 0 Å². The van der Waals surface area contributed by atoms with E-state index in [0.29, 0.717) is 6.04 Å². The number of hydrogen-bond donors (Lipinski definition) is 1. The van der Waals surface area contributed by atoms with Gasteiger partial charge in [0.15, 0.2) is 0 Å². The molecule has 1 rings (SSSR count). The van der Waals surface area contributed by atoms with Crippen molar-refractivity contribution in [3.05, 3.63) is 0 Å². The van der Waals surface area contributed by atoms with Crippen LogP contribution in [-0.4, -0.2) is 50.3 Å². The molecule has 0 spiro atoms. The van der Waals surface area contributed by atoms with Crippen LogP contribution in [0.5, 0.6) is 0 Å². The Kier molecular flexibility index (Phi) is 7.01. The lowest BCUT2D eigenvalue weighted by atomic mass is 10.1. The molecule has 96 valence electrons. The molecule has 1 unspecified atom stereocenters. The highest BCUT2D eigenvalue weighted by Crippen LogP contribution is 2.10. The average Bonchev–Trinajstić information content (AvgIpc) is 2.75. The van der Waals surface area contributed by atoms with Crippen molar-refractivity contribution >= 4 is 0 Å². The van der Waals surface area contributed by atoms with Crippen molar-refractivity contribution in [3.63, 3.8) is 0 Å². The van der Waals surface area contributed by atoms with Crippen molar-refractivity contribution in [2.75, 3.05) is 39.4 Å². The summed E-state index contributed by atoms with van der Waals surface area (Å²) in [5.74, 6) is 0.749. The van der Waals surface area contributed by atoms with E-state index in [0.717, 1.165) is 32.2 Å². The van der Waals surface area contributed by atoms with Crippen LogP contribution in [0.3, 0.4) is 0 Å². The van der Waals surface area contributed by atoms with Crippen molar-refractivity contribution in [3.8, 4) is 0 Å². The van der Waals surface area contributed by atoms with Gasteiger partial charge >= 0.3 is 0 Å².